The Morgan fingerprint density at radius 2 is 1.71 bits per heavy atom. The number of aliphatic carboxylic acids is 1. The topological polar surface area (TPSA) is 200 Å². The Hall–Kier alpha value is -3.93. The summed E-state index contributed by atoms with van der Waals surface area (Å²) >= 11 is 0. The summed E-state index contributed by atoms with van der Waals surface area (Å²) in [6.45, 7) is 3.44. The summed E-state index contributed by atoms with van der Waals surface area (Å²) in [5.74, 6) is -2.87. The third kappa shape index (κ3) is 9.45. The Morgan fingerprint density at radius 3 is 2.29 bits per heavy atom. The number of rotatable bonds is 13. The van der Waals surface area contributed by atoms with E-state index in [0.29, 0.717) is 17.7 Å². The van der Waals surface area contributed by atoms with Gasteiger partial charge in [0.2, 0.25) is 17.7 Å². The van der Waals surface area contributed by atoms with Crippen LogP contribution in [0.1, 0.15) is 31.5 Å². The number of hydrogen-bond acceptors (Lipinski definition) is 7. The highest BCUT2D eigenvalue weighted by Crippen LogP contribution is 2.12. The zero-order valence-electron chi connectivity index (χ0n) is 19.7. The number of carboxylic acids is 1. The lowest BCUT2D eigenvalue weighted by molar-refractivity contribution is -0.142. The molecule has 0 aliphatic carbocycles. The molecule has 3 atom stereocenters. The molecule has 0 saturated carbocycles. The zero-order valence-corrected chi connectivity index (χ0v) is 19.7. The van der Waals surface area contributed by atoms with Crippen LogP contribution in [0.15, 0.2) is 36.8 Å². The van der Waals surface area contributed by atoms with E-state index in [2.05, 4.69) is 25.9 Å². The molecule has 1 aromatic heterocycles. The number of carbonyl (C=O) groups excluding carboxylic acids is 3. The molecule has 0 aliphatic rings. The highest BCUT2D eigenvalue weighted by molar-refractivity contribution is 5.92. The second-order valence-corrected chi connectivity index (χ2v) is 8.62. The van der Waals surface area contributed by atoms with Gasteiger partial charge in [-0.1, -0.05) is 26.0 Å². The van der Waals surface area contributed by atoms with Gasteiger partial charge in [0, 0.05) is 24.7 Å². The Labute approximate surface area is 202 Å². The number of carboxylic acid groups (broad SMARTS) is 1. The van der Waals surface area contributed by atoms with Crippen molar-refractivity contribution in [2.45, 2.75) is 51.2 Å². The first-order chi connectivity index (χ1) is 16.5. The molecule has 12 heteroatoms. The Balaban J connectivity index is 2.07. The van der Waals surface area contributed by atoms with E-state index < -0.39 is 48.4 Å². The fourth-order valence-corrected chi connectivity index (χ4v) is 3.32. The van der Waals surface area contributed by atoms with Crippen LogP contribution in [-0.4, -0.2) is 68.5 Å². The monoisotopic (exact) mass is 488 g/mol. The number of nitrogens with zero attached hydrogens (tertiary/aromatic N) is 1. The molecule has 0 radical (unpaired) electrons. The summed E-state index contributed by atoms with van der Waals surface area (Å²) in [5.41, 5.74) is 6.94. The van der Waals surface area contributed by atoms with E-state index >= 15 is 0 Å². The lowest BCUT2D eigenvalue weighted by atomic mass is 10.0. The molecular weight excluding hydrogens is 456 g/mol. The van der Waals surface area contributed by atoms with Crippen LogP contribution in [0.25, 0.3) is 0 Å². The Morgan fingerprint density at radius 1 is 1.03 bits per heavy atom. The van der Waals surface area contributed by atoms with Crippen molar-refractivity contribution >= 4 is 23.7 Å². The third-order valence-electron chi connectivity index (χ3n) is 5.11. The predicted octanol–water partition coefficient (Wildman–Crippen LogP) is -0.556. The minimum atomic E-state index is -1.27. The van der Waals surface area contributed by atoms with Gasteiger partial charge in [0.05, 0.1) is 18.9 Å². The number of amides is 3. The van der Waals surface area contributed by atoms with Gasteiger partial charge < -0.3 is 36.9 Å². The third-order valence-corrected chi connectivity index (χ3v) is 5.11. The van der Waals surface area contributed by atoms with Crippen LogP contribution in [0.2, 0.25) is 0 Å². The smallest absolute Gasteiger partial charge is 0.326 e. The summed E-state index contributed by atoms with van der Waals surface area (Å²) in [5, 5.41) is 26.5. The van der Waals surface area contributed by atoms with Crippen LogP contribution < -0.4 is 21.7 Å². The molecule has 3 unspecified atom stereocenters. The van der Waals surface area contributed by atoms with Crippen LogP contribution in [0.4, 0.5) is 0 Å². The van der Waals surface area contributed by atoms with Crippen molar-refractivity contribution in [1.29, 1.82) is 0 Å². The molecule has 0 saturated heterocycles. The summed E-state index contributed by atoms with van der Waals surface area (Å²) in [6.07, 6.45) is 3.28. The summed E-state index contributed by atoms with van der Waals surface area (Å²) in [4.78, 5) is 55.9. The average Bonchev–Trinajstić information content (AvgIpc) is 3.30. The van der Waals surface area contributed by atoms with Crippen molar-refractivity contribution in [3.05, 3.63) is 48.0 Å². The molecule has 35 heavy (non-hydrogen) atoms. The number of phenolic OH excluding ortho intramolecular Hbond substituents is 1. The minimum Gasteiger partial charge on any atom is -0.508 e. The predicted molar refractivity (Wildman–Crippen MR) is 126 cm³/mol. The van der Waals surface area contributed by atoms with E-state index in [1.807, 2.05) is 13.8 Å². The second-order valence-electron chi connectivity index (χ2n) is 8.62. The van der Waals surface area contributed by atoms with E-state index in [1.165, 1.54) is 24.7 Å². The van der Waals surface area contributed by atoms with Gasteiger partial charge in [-0.3, -0.25) is 14.4 Å². The molecule has 0 fully saturated rings. The van der Waals surface area contributed by atoms with Gasteiger partial charge in [0.1, 0.15) is 17.8 Å². The number of carbonyl (C=O) groups is 4. The first kappa shape index (κ1) is 27.3. The molecular formula is C23H32N6O6. The fraction of sp³-hybridized carbons (Fsp3) is 0.435. The quantitative estimate of drug-likeness (QED) is 0.194. The number of aromatic hydroxyl groups is 1. The van der Waals surface area contributed by atoms with Crippen molar-refractivity contribution in [2.75, 3.05) is 6.54 Å². The molecule has 190 valence electrons. The number of hydrogen-bond donors (Lipinski definition) is 7. The van der Waals surface area contributed by atoms with Gasteiger partial charge >= 0.3 is 5.97 Å². The SMILES string of the molecule is CC(C)CC(N)C(=O)NCC(=O)NC(Cc1ccc(O)cc1)C(=O)NC(Cc1cnc[nH]1)C(=O)O. The Bertz CT molecular complexity index is 992. The largest absolute Gasteiger partial charge is 0.508 e. The molecule has 1 heterocycles. The van der Waals surface area contributed by atoms with Gasteiger partial charge in [-0.15, -0.1) is 0 Å². The summed E-state index contributed by atoms with van der Waals surface area (Å²) < 4.78 is 0. The molecule has 1 aromatic carbocycles. The van der Waals surface area contributed by atoms with Crippen LogP contribution in [0.3, 0.4) is 0 Å². The molecule has 3 amide bonds. The van der Waals surface area contributed by atoms with E-state index in [1.54, 1.807) is 12.1 Å². The minimum absolute atomic E-state index is 0.0229. The molecule has 0 spiro atoms. The molecule has 0 aliphatic heterocycles. The van der Waals surface area contributed by atoms with E-state index in [4.69, 9.17) is 5.73 Å². The van der Waals surface area contributed by atoms with E-state index in [9.17, 15) is 29.4 Å². The lowest BCUT2D eigenvalue weighted by Gasteiger charge is -2.22. The number of imidazole rings is 1. The van der Waals surface area contributed by atoms with E-state index in [0.717, 1.165) is 0 Å². The van der Waals surface area contributed by atoms with Gasteiger partial charge in [0.15, 0.2) is 0 Å². The highest BCUT2D eigenvalue weighted by atomic mass is 16.4. The number of aromatic nitrogens is 2. The van der Waals surface area contributed by atoms with Crippen molar-refractivity contribution < 1.29 is 29.4 Å². The average molecular weight is 489 g/mol. The summed E-state index contributed by atoms with van der Waals surface area (Å²) in [6, 6.07) is 2.84. The maximum Gasteiger partial charge on any atom is 0.326 e. The summed E-state index contributed by atoms with van der Waals surface area (Å²) in [7, 11) is 0. The highest BCUT2D eigenvalue weighted by Gasteiger charge is 2.27. The maximum absolute atomic E-state index is 13.0. The molecule has 12 nitrogen and oxygen atoms in total. The van der Waals surface area contributed by atoms with Crippen molar-refractivity contribution in [1.82, 2.24) is 25.9 Å². The number of benzene rings is 1. The molecule has 8 N–H and O–H groups in total. The number of H-pyrrole nitrogens is 1. The first-order valence-corrected chi connectivity index (χ1v) is 11.2. The van der Waals surface area contributed by atoms with Crippen LogP contribution in [0.5, 0.6) is 5.75 Å². The van der Waals surface area contributed by atoms with Crippen molar-refractivity contribution in [2.24, 2.45) is 11.7 Å². The number of nitrogens with one attached hydrogen (secondary N) is 4. The fourth-order valence-electron chi connectivity index (χ4n) is 3.32. The van der Waals surface area contributed by atoms with Gasteiger partial charge in [-0.05, 0) is 30.0 Å². The van der Waals surface area contributed by atoms with Crippen LogP contribution >= 0.6 is 0 Å². The van der Waals surface area contributed by atoms with Gasteiger partial charge in [-0.2, -0.15) is 0 Å². The lowest BCUT2D eigenvalue weighted by Crippen LogP contribution is -2.55. The Kier molecular flexibility index (Phi) is 10.2. The number of nitrogens with two attached hydrogens (primary N) is 1. The standard InChI is InChI=1S/C23H32N6O6/c1-13(2)7-17(24)21(32)26-11-20(31)28-18(8-14-3-5-16(30)6-4-14)22(33)29-19(23(34)35)9-15-10-25-12-27-15/h3-6,10,12-13,17-19,30H,7-9,11,24H2,1-2H3,(H,25,27)(H,26,32)(H,28,31)(H,29,33)(H,34,35). The second kappa shape index (κ2) is 13.1. The zero-order chi connectivity index (χ0) is 26.0. The van der Waals surface area contributed by atoms with Gasteiger partial charge in [0.25, 0.3) is 0 Å². The number of aromatic amines is 1. The van der Waals surface area contributed by atoms with Crippen molar-refractivity contribution in [3.8, 4) is 5.75 Å². The number of phenols is 1. The van der Waals surface area contributed by atoms with E-state index in [-0.39, 0.29) is 24.5 Å². The van der Waals surface area contributed by atoms with Crippen molar-refractivity contribution in [3.63, 3.8) is 0 Å². The molecule has 0 bridgehead atoms. The van der Waals surface area contributed by atoms with Crippen LogP contribution in [-0.2, 0) is 32.0 Å². The maximum atomic E-state index is 13.0. The molecule has 2 rings (SSSR count). The van der Waals surface area contributed by atoms with Gasteiger partial charge in [-0.25, -0.2) is 9.78 Å². The first-order valence-electron chi connectivity index (χ1n) is 11.2. The van der Waals surface area contributed by atoms with Crippen LogP contribution in [0, 0.1) is 5.92 Å². The normalized spacial score (nSPS) is 13.5. The molecule has 2 aromatic rings.